The number of benzene rings is 1. The van der Waals surface area contributed by atoms with Crippen LogP contribution in [0.4, 0.5) is 0 Å². The predicted molar refractivity (Wildman–Crippen MR) is 78.9 cm³/mol. The molecule has 0 aromatic heterocycles. The van der Waals surface area contributed by atoms with Crippen molar-refractivity contribution in [2.75, 3.05) is 6.54 Å². The number of unbranched alkanes of at least 4 members (excludes halogenated alkanes) is 1. The van der Waals surface area contributed by atoms with Gasteiger partial charge in [0.25, 0.3) is 0 Å². The Morgan fingerprint density at radius 3 is 3.11 bits per heavy atom. The Bertz CT molecular complexity index is 488. The van der Waals surface area contributed by atoms with Gasteiger partial charge in [-0.1, -0.05) is 24.0 Å². The number of nitrogens with one attached hydrogen (secondary N) is 1. The first-order chi connectivity index (χ1) is 9.22. The summed E-state index contributed by atoms with van der Waals surface area (Å²) in [5.74, 6) is 5.27. The molecule has 0 aliphatic heterocycles. The van der Waals surface area contributed by atoms with Gasteiger partial charge >= 0.3 is 5.97 Å². The summed E-state index contributed by atoms with van der Waals surface area (Å²) < 4.78 is 3.15. The minimum atomic E-state index is -0.770. The van der Waals surface area contributed by atoms with E-state index in [-0.39, 0.29) is 6.42 Å². The zero-order valence-corrected chi connectivity index (χ0v) is 11.5. The van der Waals surface area contributed by atoms with Crippen molar-refractivity contribution in [3.8, 4) is 11.8 Å². The number of carboxylic acid groups (broad SMARTS) is 1. The number of hydrogen-bond donors (Lipinski definition) is 2. The van der Waals surface area contributed by atoms with Crippen LogP contribution in [0.5, 0.6) is 0 Å². The van der Waals surface area contributed by atoms with Gasteiger partial charge in [0.1, 0.15) is 0 Å². The molecule has 0 radical (unpaired) electrons. The summed E-state index contributed by atoms with van der Waals surface area (Å²) in [4.78, 5) is 11.4. The summed E-state index contributed by atoms with van der Waals surface area (Å²) in [6, 6.07) is 7.92. The molecule has 100 valence electrons. The Hall–Kier alpha value is -1.70. The molecule has 19 heavy (non-hydrogen) atoms. The molecule has 0 saturated carbocycles. The molecule has 1 aromatic rings. The van der Waals surface area contributed by atoms with E-state index < -0.39 is 5.97 Å². The molecule has 0 fully saturated rings. The third kappa shape index (κ3) is 7.35. The molecule has 0 spiro atoms. The second-order valence-electron chi connectivity index (χ2n) is 3.82. The fraction of sp³-hybridized carbons (Fsp3) is 0.267. The monoisotopic (exact) mass is 275 g/mol. The van der Waals surface area contributed by atoms with Gasteiger partial charge < -0.3 is 5.11 Å². The quantitative estimate of drug-likeness (QED) is 0.347. The van der Waals surface area contributed by atoms with Crippen molar-refractivity contribution in [3.05, 3.63) is 42.5 Å². The molecule has 0 saturated heterocycles. The van der Waals surface area contributed by atoms with Crippen LogP contribution < -0.4 is 4.72 Å². The van der Waals surface area contributed by atoms with Gasteiger partial charge in [0, 0.05) is 29.8 Å². The highest BCUT2D eigenvalue weighted by atomic mass is 32.2. The molecule has 0 aliphatic rings. The highest BCUT2D eigenvalue weighted by molar-refractivity contribution is 7.97. The van der Waals surface area contributed by atoms with Crippen LogP contribution in [0, 0.1) is 11.8 Å². The summed E-state index contributed by atoms with van der Waals surface area (Å²) >= 11 is 1.54. The molecule has 0 amide bonds. The molecule has 0 atom stereocenters. The van der Waals surface area contributed by atoms with Crippen molar-refractivity contribution >= 4 is 17.9 Å². The maximum absolute atomic E-state index is 10.3. The van der Waals surface area contributed by atoms with Crippen LogP contribution in [0.2, 0.25) is 0 Å². The molecular weight excluding hydrogens is 258 g/mol. The summed E-state index contributed by atoms with van der Waals surface area (Å²) in [7, 11) is 0. The van der Waals surface area contributed by atoms with Gasteiger partial charge in [-0.05, 0) is 36.6 Å². The van der Waals surface area contributed by atoms with Crippen LogP contribution in [0.3, 0.4) is 0 Å². The van der Waals surface area contributed by atoms with Crippen LogP contribution in [0.1, 0.15) is 24.8 Å². The van der Waals surface area contributed by atoms with E-state index in [1.165, 1.54) is 0 Å². The Labute approximate surface area is 118 Å². The molecule has 0 bridgehead atoms. The Morgan fingerprint density at radius 2 is 2.37 bits per heavy atom. The largest absolute Gasteiger partial charge is 0.481 e. The van der Waals surface area contributed by atoms with Gasteiger partial charge in [-0.2, -0.15) is 0 Å². The van der Waals surface area contributed by atoms with Crippen molar-refractivity contribution in [2.24, 2.45) is 0 Å². The third-order valence-corrected chi connectivity index (χ3v) is 2.98. The second-order valence-corrected chi connectivity index (χ2v) is 4.78. The number of rotatable bonds is 7. The smallest absolute Gasteiger partial charge is 0.303 e. The number of hydrogen-bond acceptors (Lipinski definition) is 3. The number of carboxylic acids is 1. The van der Waals surface area contributed by atoms with E-state index in [1.54, 1.807) is 18.0 Å². The number of aliphatic carboxylic acids is 1. The van der Waals surface area contributed by atoms with Gasteiger partial charge in [0.2, 0.25) is 0 Å². The van der Waals surface area contributed by atoms with Gasteiger partial charge in [-0.3, -0.25) is 9.52 Å². The topological polar surface area (TPSA) is 49.3 Å². The van der Waals surface area contributed by atoms with Crippen molar-refractivity contribution in [2.45, 2.75) is 24.2 Å². The summed E-state index contributed by atoms with van der Waals surface area (Å²) in [5.41, 5.74) is 0.945. The van der Waals surface area contributed by atoms with Gasteiger partial charge in [0.05, 0.1) is 0 Å². The third-order valence-electron chi connectivity index (χ3n) is 2.18. The molecule has 0 aliphatic carbocycles. The van der Waals surface area contributed by atoms with Crippen LogP contribution in [0.25, 0.3) is 0 Å². The summed E-state index contributed by atoms with van der Waals surface area (Å²) in [5, 5.41) is 8.50. The summed E-state index contributed by atoms with van der Waals surface area (Å²) in [6.07, 6.45) is 3.19. The van der Waals surface area contributed by atoms with Crippen molar-refractivity contribution in [3.63, 3.8) is 0 Å². The number of carbonyl (C=O) groups is 1. The van der Waals surface area contributed by atoms with E-state index in [0.29, 0.717) is 12.8 Å². The average Bonchev–Trinajstić information content (AvgIpc) is 2.39. The minimum Gasteiger partial charge on any atom is -0.481 e. The Balaban J connectivity index is 2.45. The first kappa shape index (κ1) is 15.4. The average molecular weight is 275 g/mol. The van der Waals surface area contributed by atoms with Crippen LogP contribution in [-0.4, -0.2) is 17.6 Å². The van der Waals surface area contributed by atoms with E-state index >= 15 is 0 Å². The van der Waals surface area contributed by atoms with Gasteiger partial charge in [0.15, 0.2) is 0 Å². The van der Waals surface area contributed by atoms with Crippen molar-refractivity contribution < 1.29 is 9.90 Å². The molecule has 0 heterocycles. The van der Waals surface area contributed by atoms with E-state index in [4.69, 9.17) is 5.11 Å². The maximum Gasteiger partial charge on any atom is 0.303 e. The molecule has 1 rings (SSSR count). The van der Waals surface area contributed by atoms with Crippen molar-refractivity contribution in [1.82, 2.24) is 4.72 Å². The zero-order valence-electron chi connectivity index (χ0n) is 10.7. The highest BCUT2D eigenvalue weighted by Gasteiger charge is 1.95. The maximum atomic E-state index is 10.3. The Kier molecular flexibility index (Phi) is 7.48. The van der Waals surface area contributed by atoms with Crippen molar-refractivity contribution in [1.29, 1.82) is 0 Å². The van der Waals surface area contributed by atoms with Crippen LogP contribution in [0.15, 0.2) is 41.8 Å². The minimum absolute atomic E-state index is 0.177. The fourth-order valence-electron chi connectivity index (χ4n) is 1.31. The first-order valence-electron chi connectivity index (χ1n) is 6.03. The van der Waals surface area contributed by atoms with Crippen LogP contribution >= 0.6 is 11.9 Å². The Morgan fingerprint density at radius 1 is 1.53 bits per heavy atom. The standard InChI is InChI=1S/C15H17NO2S/c1-2-11-16-19-14-9-6-8-13(12-14)7-4-3-5-10-15(17)18/h2,6,8-9,12,16H,1,3,5,10-11H2,(H,17,18). The molecule has 2 N–H and O–H groups in total. The fourth-order valence-corrected chi connectivity index (χ4v) is 2.01. The molecule has 0 unspecified atom stereocenters. The lowest BCUT2D eigenvalue weighted by Gasteiger charge is -2.01. The summed E-state index contributed by atoms with van der Waals surface area (Å²) in [6.45, 7) is 4.39. The predicted octanol–water partition coefficient (Wildman–Crippen LogP) is 3.08. The molecule has 4 heteroatoms. The van der Waals surface area contributed by atoms with E-state index in [2.05, 4.69) is 23.1 Å². The van der Waals surface area contributed by atoms with E-state index in [0.717, 1.165) is 17.0 Å². The second kappa shape index (κ2) is 9.26. The zero-order chi connectivity index (χ0) is 13.9. The molecular formula is C15H17NO2S. The van der Waals surface area contributed by atoms with Gasteiger partial charge in [-0.15, -0.1) is 6.58 Å². The molecule has 3 nitrogen and oxygen atoms in total. The van der Waals surface area contributed by atoms with E-state index in [9.17, 15) is 4.79 Å². The van der Waals surface area contributed by atoms with E-state index in [1.807, 2.05) is 24.3 Å². The normalized spacial score (nSPS) is 9.47. The first-order valence-corrected chi connectivity index (χ1v) is 6.85. The van der Waals surface area contributed by atoms with Gasteiger partial charge in [-0.25, -0.2) is 0 Å². The lowest BCUT2D eigenvalue weighted by molar-refractivity contribution is -0.137. The SMILES string of the molecule is C=CCNSc1cccc(C#CCCCC(=O)O)c1. The molecule has 1 aromatic carbocycles. The lowest BCUT2D eigenvalue weighted by Crippen LogP contribution is -2.01. The van der Waals surface area contributed by atoms with Crippen LogP contribution in [-0.2, 0) is 4.79 Å². The lowest BCUT2D eigenvalue weighted by atomic mass is 10.2. The highest BCUT2D eigenvalue weighted by Crippen LogP contribution is 2.15.